The molecule has 2 aromatic carbocycles. The van der Waals surface area contributed by atoms with Crippen molar-refractivity contribution in [1.82, 2.24) is 0 Å². The predicted octanol–water partition coefficient (Wildman–Crippen LogP) is 3.03. The topological polar surface area (TPSA) is 72.5 Å². The van der Waals surface area contributed by atoms with Gasteiger partial charge in [0.2, 0.25) is 0 Å². The first-order valence-electron chi connectivity index (χ1n) is 7.47. The third-order valence-electron chi connectivity index (χ3n) is 3.50. The van der Waals surface area contributed by atoms with E-state index in [1.165, 1.54) is 12.1 Å². The summed E-state index contributed by atoms with van der Waals surface area (Å²) in [5.74, 6) is 0.348. The van der Waals surface area contributed by atoms with Gasteiger partial charge in [-0.15, -0.1) is 0 Å². The molecule has 1 N–H and O–H groups in total. The van der Waals surface area contributed by atoms with Gasteiger partial charge >= 0.3 is 0 Å². The van der Waals surface area contributed by atoms with Crippen LogP contribution in [0.25, 0.3) is 0 Å². The molecule has 0 bridgehead atoms. The van der Waals surface area contributed by atoms with Gasteiger partial charge in [0.15, 0.2) is 16.4 Å². The van der Waals surface area contributed by atoms with Crippen molar-refractivity contribution >= 4 is 21.4 Å². The summed E-state index contributed by atoms with van der Waals surface area (Å²) in [6, 6.07) is 10.1. The average Bonchev–Trinajstić information content (AvgIpc) is 2.45. The summed E-state index contributed by atoms with van der Waals surface area (Å²) >= 11 is 0. The van der Waals surface area contributed by atoms with Gasteiger partial charge in [-0.1, -0.05) is 23.8 Å². The van der Waals surface area contributed by atoms with Gasteiger partial charge in [0.25, 0.3) is 5.91 Å². The number of ether oxygens (including phenoxy) is 1. The van der Waals surface area contributed by atoms with Gasteiger partial charge < -0.3 is 10.1 Å². The first kappa shape index (κ1) is 18.0. The van der Waals surface area contributed by atoms with Crippen LogP contribution in [0, 0.1) is 20.8 Å². The lowest BCUT2D eigenvalue weighted by Crippen LogP contribution is -2.20. The summed E-state index contributed by atoms with van der Waals surface area (Å²) in [5, 5.41) is 2.65. The normalized spacial score (nSPS) is 11.2. The molecule has 0 aliphatic rings. The number of carbonyl (C=O) groups excluding carboxylic acids is 1. The number of aryl methyl sites for hydroxylation is 3. The monoisotopic (exact) mass is 347 g/mol. The molecule has 0 spiro atoms. The van der Waals surface area contributed by atoms with Crippen LogP contribution in [0.4, 0.5) is 5.69 Å². The Kier molecular flexibility index (Phi) is 5.29. The Bertz CT molecular complexity index is 849. The van der Waals surface area contributed by atoms with E-state index >= 15 is 0 Å². The molecule has 5 nitrogen and oxygen atoms in total. The largest absolute Gasteiger partial charge is 0.483 e. The predicted molar refractivity (Wildman–Crippen MR) is 94.3 cm³/mol. The van der Waals surface area contributed by atoms with E-state index in [1.807, 2.05) is 32.9 Å². The number of hydrogen-bond acceptors (Lipinski definition) is 4. The van der Waals surface area contributed by atoms with E-state index in [1.54, 1.807) is 12.1 Å². The van der Waals surface area contributed by atoms with Crippen LogP contribution in [0.2, 0.25) is 0 Å². The molecule has 0 aromatic heterocycles. The highest BCUT2D eigenvalue weighted by Crippen LogP contribution is 2.24. The summed E-state index contributed by atoms with van der Waals surface area (Å²) in [5.41, 5.74) is 3.50. The van der Waals surface area contributed by atoms with Crippen molar-refractivity contribution < 1.29 is 17.9 Å². The molecule has 0 unspecified atom stereocenters. The highest BCUT2D eigenvalue weighted by atomic mass is 32.2. The lowest BCUT2D eigenvalue weighted by atomic mass is 10.1. The molecule has 6 heteroatoms. The molecule has 128 valence electrons. The Balaban J connectivity index is 2.05. The second-order valence-electron chi connectivity index (χ2n) is 5.86. The second-order valence-corrected chi connectivity index (χ2v) is 7.88. The Morgan fingerprint density at radius 3 is 2.29 bits per heavy atom. The molecule has 0 saturated carbocycles. The molecular weight excluding hydrogens is 326 g/mol. The van der Waals surface area contributed by atoms with E-state index in [-0.39, 0.29) is 17.4 Å². The Morgan fingerprint density at radius 1 is 1.08 bits per heavy atom. The fraction of sp³-hybridized carbons (Fsp3) is 0.278. The van der Waals surface area contributed by atoms with Crippen LogP contribution < -0.4 is 10.1 Å². The minimum Gasteiger partial charge on any atom is -0.483 e. The number of amides is 1. The number of sulfone groups is 1. The molecule has 2 aromatic rings. The van der Waals surface area contributed by atoms with E-state index in [9.17, 15) is 13.2 Å². The zero-order valence-corrected chi connectivity index (χ0v) is 15.0. The third-order valence-corrected chi connectivity index (χ3v) is 4.61. The molecule has 0 atom stereocenters. The zero-order valence-electron chi connectivity index (χ0n) is 14.2. The van der Waals surface area contributed by atoms with Crippen molar-refractivity contribution in [3.63, 3.8) is 0 Å². The van der Waals surface area contributed by atoms with Crippen LogP contribution >= 0.6 is 0 Å². The van der Waals surface area contributed by atoms with E-state index in [0.717, 1.165) is 22.9 Å². The lowest BCUT2D eigenvalue weighted by molar-refractivity contribution is -0.118. The Hall–Kier alpha value is -2.34. The second kappa shape index (κ2) is 7.05. The molecule has 0 radical (unpaired) electrons. The van der Waals surface area contributed by atoms with Gasteiger partial charge in [-0.25, -0.2) is 8.42 Å². The van der Waals surface area contributed by atoms with E-state index < -0.39 is 9.84 Å². The van der Waals surface area contributed by atoms with Crippen molar-refractivity contribution in [3.05, 3.63) is 53.1 Å². The zero-order chi connectivity index (χ0) is 17.9. The van der Waals surface area contributed by atoms with E-state index in [0.29, 0.717) is 11.4 Å². The fourth-order valence-electron chi connectivity index (χ4n) is 2.53. The maximum absolute atomic E-state index is 12.1. The van der Waals surface area contributed by atoms with Crippen LogP contribution in [0.1, 0.15) is 16.7 Å². The number of carbonyl (C=O) groups is 1. The molecular formula is C18H21NO4S. The third kappa shape index (κ3) is 4.58. The standard InChI is InChI=1S/C18H21NO4S/c1-12-8-13(2)18(14(3)9-12)23-11-17(20)19-15-6-5-7-16(10-15)24(4,21)22/h5-10H,11H2,1-4H3,(H,19,20). The molecule has 0 aliphatic heterocycles. The maximum atomic E-state index is 12.1. The summed E-state index contributed by atoms with van der Waals surface area (Å²) in [4.78, 5) is 12.2. The smallest absolute Gasteiger partial charge is 0.262 e. The van der Waals surface area contributed by atoms with Gasteiger partial charge in [0, 0.05) is 11.9 Å². The Morgan fingerprint density at radius 2 is 1.71 bits per heavy atom. The van der Waals surface area contributed by atoms with Crippen LogP contribution in [0.3, 0.4) is 0 Å². The molecule has 0 fully saturated rings. The minimum atomic E-state index is -3.31. The summed E-state index contributed by atoms with van der Waals surface area (Å²) in [6.45, 7) is 5.73. The SMILES string of the molecule is Cc1cc(C)c(OCC(=O)Nc2cccc(S(C)(=O)=O)c2)c(C)c1. The molecule has 0 saturated heterocycles. The van der Waals surface area contributed by atoms with Gasteiger partial charge in [-0.3, -0.25) is 4.79 Å². The number of nitrogens with one attached hydrogen (secondary N) is 1. The summed E-state index contributed by atoms with van der Waals surface area (Å²) in [6.07, 6.45) is 1.12. The number of rotatable bonds is 5. The van der Waals surface area contributed by atoms with Gasteiger partial charge in [0.05, 0.1) is 4.90 Å². The van der Waals surface area contributed by atoms with Crippen LogP contribution in [0.15, 0.2) is 41.3 Å². The number of hydrogen-bond donors (Lipinski definition) is 1. The van der Waals surface area contributed by atoms with E-state index in [4.69, 9.17) is 4.74 Å². The van der Waals surface area contributed by atoms with Crippen molar-refractivity contribution in [2.45, 2.75) is 25.7 Å². The molecule has 24 heavy (non-hydrogen) atoms. The summed E-state index contributed by atoms with van der Waals surface area (Å²) < 4.78 is 28.7. The van der Waals surface area contributed by atoms with Crippen molar-refractivity contribution in [2.24, 2.45) is 0 Å². The maximum Gasteiger partial charge on any atom is 0.262 e. The van der Waals surface area contributed by atoms with Crippen LogP contribution in [0.5, 0.6) is 5.75 Å². The summed E-state index contributed by atoms with van der Waals surface area (Å²) in [7, 11) is -3.31. The lowest BCUT2D eigenvalue weighted by Gasteiger charge is -2.13. The van der Waals surface area contributed by atoms with Gasteiger partial charge in [-0.2, -0.15) is 0 Å². The van der Waals surface area contributed by atoms with Crippen molar-refractivity contribution in [2.75, 3.05) is 18.2 Å². The number of anilines is 1. The molecule has 0 heterocycles. The van der Waals surface area contributed by atoms with Gasteiger partial charge in [0.1, 0.15) is 5.75 Å². The minimum absolute atomic E-state index is 0.145. The Labute approximate surface area is 142 Å². The van der Waals surface area contributed by atoms with Crippen molar-refractivity contribution in [1.29, 1.82) is 0 Å². The molecule has 1 amide bonds. The molecule has 0 aliphatic carbocycles. The fourth-order valence-corrected chi connectivity index (χ4v) is 3.20. The first-order valence-corrected chi connectivity index (χ1v) is 9.36. The van der Waals surface area contributed by atoms with Crippen LogP contribution in [-0.2, 0) is 14.6 Å². The highest BCUT2D eigenvalue weighted by molar-refractivity contribution is 7.90. The first-order chi connectivity index (χ1) is 11.2. The quantitative estimate of drug-likeness (QED) is 0.902. The van der Waals surface area contributed by atoms with E-state index in [2.05, 4.69) is 5.32 Å². The van der Waals surface area contributed by atoms with Crippen LogP contribution in [-0.4, -0.2) is 27.2 Å². The van der Waals surface area contributed by atoms with Gasteiger partial charge in [-0.05, 0) is 50.1 Å². The highest BCUT2D eigenvalue weighted by Gasteiger charge is 2.11. The molecule has 2 rings (SSSR count). The number of benzene rings is 2. The average molecular weight is 347 g/mol. The van der Waals surface area contributed by atoms with Crippen molar-refractivity contribution in [3.8, 4) is 5.75 Å².